The number of piperazine rings is 1. The first kappa shape index (κ1) is 23.1. The van der Waals surface area contributed by atoms with Gasteiger partial charge < -0.3 is 21.3 Å². The van der Waals surface area contributed by atoms with E-state index in [1.54, 1.807) is 12.1 Å². The average Bonchev–Trinajstić information content (AvgIpc) is 2.81. The van der Waals surface area contributed by atoms with Gasteiger partial charge in [-0.05, 0) is 29.2 Å². The highest BCUT2D eigenvalue weighted by atomic mass is 16.2. The van der Waals surface area contributed by atoms with E-state index in [0.29, 0.717) is 23.1 Å². The van der Waals surface area contributed by atoms with Crippen LogP contribution in [0.5, 0.6) is 0 Å². The van der Waals surface area contributed by atoms with Crippen molar-refractivity contribution in [1.29, 1.82) is 0 Å². The largest absolute Gasteiger partial charge is 0.404 e. The van der Waals surface area contributed by atoms with Crippen molar-refractivity contribution in [2.75, 3.05) is 31.1 Å². The van der Waals surface area contributed by atoms with Gasteiger partial charge in [-0.25, -0.2) is 9.97 Å². The number of nitrogens with one attached hydrogen (secondary N) is 2. The van der Waals surface area contributed by atoms with E-state index in [9.17, 15) is 9.59 Å². The Balaban J connectivity index is 1.77. The number of hydrogen-bond acceptors (Lipinski definition) is 7. The smallest absolute Gasteiger partial charge is 0.255 e. The van der Waals surface area contributed by atoms with Crippen LogP contribution < -0.4 is 21.3 Å². The molecule has 0 radical (unpaired) electrons. The third-order valence-electron chi connectivity index (χ3n) is 5.28. The zero-order valence-corrected chi connectivity index (χ0v) is 18.8. The molecule has 0 atom stereocenters. The summed E-state index contributed by atoms with van der Waals surface area (Å²) in [5.41, 5.74) is 8.56. The summed E-state index contributed by atoms with van der Waals surface area (Å²) in [5, 5.41) is 5.95. The Morgan fingerprint density at radius 3 is 2.44 bits per heavy atom. The van der Waals surface area contributed by atoms with Crippen LogP contribution in [0.4, 0.5) is 5.82 Å². The summed E-state index contributed by atoms with van der Waals surface area (Å²) >= 11 is 0. The first-order chi connectivity index (χ1) is 15.3. The van der Waals surface area contributed by atoms with E-state index in [1.807, 2.05) is 18.2 Å². The van der Waals surface area contributed by atoms with Gasteiger partial charge in [0, 0.05) is 49.6 Å². The van der Waals surface area contributed by atoms with Crippen molar-refractivity contribution < 1.29 is 9.59 Å². The molecular formula is C24H30N6O2. The number of benzene rings is 1. The minimum Gasteiger partial charge on any atom is -0.404 e. The quantitative estimate of drug-likeness (QED) is 0.362. The fourth-order valence-corrected chi connectivity index (χ4v) is 3.37. The lowest BCUT2D eigenvalue weighted by Crippen LogP contribution is -2.43. The first-order valence-electron chi connectivity index (χ1n) is 10.6. The minimum atomic E-state index is -0.371. The van der Waals surface area contributed by atoms with Crippen molar-refractivity contribution in [3.05, 3.63) is 71.5 Å². The van der Waals surface area contributed by atoms with Crippen molar-refractivity contribution in [2.24, 2.45) is 5.73 Å². The highest BCUT2D eigenvalue weighted by molar-refractivity contribution is 5.99. The molecule has 168 valence electrons. The van der Waals surface area contributed by atoms with Crippen LogP contribution in [0.1, 0.15) is 42.4 Å². The third-order valence-corrected chi connectivity index (χ3v) is 5.28. The number of aldehydes is 1. The van der Waals surface area contributed by atoms with E-state index >= 15 is 0 Å². The number of nitrogens with two attached hydrogens (primary N) is 1. The van der Waals surface area contributed by atoms with Gasteiger partial charge in [0.05, 0.1) is 11.4 Å². The third kappa shape index (κ3) is 5.79. The molecule has 32 heavy (non-hydrogen) atoms. The summed E-state index contributed by atoms with van der Waals surface area (Å²) in [6, 6.07) is 9.17. The van der Waals surface area contributed by atoms with Gasteiger partial charge in [-0.2, -0.15) is 0 Å². The molecule has 0 bridgehead atoms. The van der Waals surface area contributed by atoms with Crippen LogP contribution >= 0.6 is 0 Å². The molecule has 1 aliphatic heterocycles. The van der Waals surface area contributed by atoms with Crippen LogP contribution in [0.3, 0.4) is 0 Å². The van der Waals surface area contributed by atoms with Crippen LogP contribution in [0, 0.1) is 0 Å². The molecule has 0 spiro atoms. The summed E-state index contributed by atoms with van der Waals surface area (Å²) in [7, 11) is 0. The lowest BCUT2D eigenvalue weighted by molar-refractivity contribution is -0.105. The first-order valence-corrected chi connectivity index (χ1v) is 10.6. The lowest BCUT2D eigenvalue weighted by Gasteiger charge is -2.28. The molecule has 1 aromatic carbocycles. The monoisotopic (exact) mass is 434 g/mol. The topological polar surface area (TPSA) is 113 Å². The summed E-state index contributed by atoms with van der Waals surface area (Å²) in [6.45, 7) is 9.78. The second-order valence-electron chi connectivity index (χ2n) is 8.62. The van der Waals surface area contributed by atoms with Crippen LogP contribution in [-0.2, 0) is 10.2 Å². The molecule has 2 heterocycles. The molecule has 3 rings (SSSR count). The van der Waals surface area contributed by atoms with E-state index in [2.05, 4.69) is 46.3 Å². The number of rotatable bonds is 6. The number of anilines is 1. The van der Waals surface area contributed by atoms with E-state index in [-0.39, 0.29) is 17.0 Å². The van der Waals surface area contributed by atoms with Crippen molar-refractivity contribution in [3.8, 4) is 0 Å². The molecule has 0 saturated carbocycles. The van der Waals surface area contributed by atoms with Crippen LogP contribution in [0.15, 0.2) is 54.6 Å². The molecule has 1 saturated heterocycles. The van der Waals surface area contributed by atoms with Gasteiger partial charge in [0.1, 0.15) is 12.1 Å². The molecular weight excluding hydrogens is 404 g/mol. The number of allylic oxidation sites excluding steroid dienone is 3. The van der Waals surface area contributed by atoms with Crippen molar-refractivity contribution in [3.63, 3.8) is 0 Å². The Morgan fingerprint density at radius 1 is 1.16 bits per heavy atom. The molecule has 8 nitrogen and oxygen atoms in total. The van der Waals surface area contributed by atoms with Crippen molar-refractivity contribution in [1.82, 2.24) is 20.6 Å². The Bertz CT molecular complexity index is 1020. The molecule has 1 amide bonds. The van der Waals surface area contributed by atoms with Crippen LogP contribution in [0.2, 0.25) is 0 Å². The summed E-state index contributed by atoms with van der Waals surface area (Å²) in [4.78, 5) is 35.1. The van der Waals surface area contributed by atoms with E-state index in [1.165, 1.54) is 18.6 Å². The fraction of sp³-hybridized carbons (Fsp3) is 0.333. The van der Waals surface area contributed by atoms with Crippen molar-refractivity contribution in [2.45, 2.75) is 26.2 Å². The summed E-state index contributed by atoms with van der Waals surface area (Å²) < 4.78 is 0. The normalized spacial score (nSPS) is 15.4. The maximum absolute atomic E-state index is 12.6. The number of aromatic nitrogens is 2. The Hall–Kier alpha value is -3.52. The van der Waals surface area contributed by atoms with Gasteiger partial charge in [-0.15, -0.1) is 0 Å². The summed E-state index contributed by atoms with van der Waals surface area (Å²) in [5.74, 6) is 0.421. The van der Waals surface area contributed by atoms with Gasteiger partial charge in [-0.1, -0.05) is 32.9 Å². The highest BCUT2D eigenvalue weighted by Gasteiger charge is 2.16. The zero-order chi connectivity index (χ0) is 23.1. The second-order valence-corrected chi connectivity index (χ2v) is 8.62. The fourth-order valence-electron chi connectivity index (χ4n) is 3.37. The second kappa shape index (κ2) is 10.2. The highest BCUT2D eigenvalue weighted by Crippen LogP contribution is 2.22. The van der Waals surface area contributed by atoms with E-state index in [0.717, 1.165) is 37.6 Å². The molecule has 0 unspecified atom stereocenters. The number of hydrogen-bond donors (Lipinski definition) is 3. The number of amides is 1. The number of carbonyl (C=O) groups excluding carboxylic acids is 2. The average molecular weight is 435 g/mol. The minimum absolute atomic E-state index is 0.00914. The predicted octanol–water partition coefficient (Wildman–Crippen LogP) is 2.00. The molecule has 1 aromatic heterocycles. The van der Waals surface area contributed by atoms with Crippen molar-refractivity contribution >= 4 is 23.6 Å². The molecule has 8 heteroatoms. The Kier molecular flexibility index (Phi) is 7.37. The molecule has 1 fully saturated rings. The maximum Gasteiger partial charge on any atom is 0.255 e. The molecule has 4 N–H and O–H groups in total. The number of carbonyl (C=O) groups is 2. The predicted molar refractivity (Wildman–Crippen MR) is 126 cm³/mol. The zero-order valence-electron chi connectivity index (χ0n) is 18.8. The van der Waals surface area contributed by atoms with Gasteiger partial charge >= 0.3 is 0 Å². The molecule has 0 aliphatic carbocycles. The SMILES string of the molecule is CC(C)(C)c1ccc(C(=O)N/C(C=O)=C/C(=C\N)c2cc(N3CCNCC3)ncn2)cc1. The van der Waals surface area contributed by atoms with Crippen LogP contribution in [0.25, 0.3) is 5.57 Å². The van der Waals surface area contributed by atoms with Gasteiger partial charge in [0.15, 0.2) is 6.29 Å². The standard InChI is InChI=1S/C24H30N6O2/c1-24(2,3)19-6-4-17(5-7-19)23(32)29-20(15-31)12-18(14-25)21-13-22(28-16-27-21)30-10-8-26-9-11-30/h4-7,12-16,26H,8-11,25H2,1-3H3,(H,29,32)/b18-14+,20-12+. The summed E-state index contributed by atoms with van der Waals surface area (Å²) in [6.07, 6.45) is 4.93. The maximum atomic E-state index is 12.6. The number of nitrogens with zero attached hydrogens (tertiary/aromatic N) is 3. The Morgan fingerprint density at radius 2 is 1.84 bits per heavy atom. The molecule has 1 aliphatic rings. The van der Waals surface area contributed by atoms with Gasteiger partial charge in [-0.3, -0.25) is 9.59 Å². The van der Waals surface area contributed by atoms with Gasteiger partial charge in [0.25, 0.3) is 5.91 Å². The lowest BCUT2D eigenvalue weighted by atomic mass is 9.87. The van der Waals surface area contributed by atoms with Gasteiger partial charge in [0.2, 0.25) is 0 Å². The van der Waals surface area contributed by atoms with E-state index < -0.39 is 0 Å². The van der Waals surface area contributed by atoms with E-state index in [4.69, 9.17) is 5.73 Å². The Labute approximate surface area is 188 Å². The molecule has 2 aromatic rings. The van der Waals surface area contributed by atoms with Crippen LogP contribution in [-0.4, -0.2) is 48.3 Å².